The molecule has 5 nitrogen and oxygen atoms in total. The molecule has 1 atom stereocenters. The minimum Gasteiger partial charge on any atom is -0.462 e. The van der Waals surface area contributed by atoms with Crippen molar-refractivity contribution in [2.24, 2.45) is 0 Å². The van der Waals surface area contributed by atoms with Gasteiger partial charge in [-0.15, -0.1) is 0 Å². The summed E-state index contributed by atoms with van der Waals surface area (Å²) in [7, 11) is 0. The average molecular weight is 779 g/mol. The second-order valence-electron chi connectivity index (χ2n) is 17.3. The van der Waals surface area contributed by atoms with E-state index >= 15 is 0 Å². The molecule has 1 N–H and O–H groups in total. The Kier molecular flexibility index (Phi) is 46.3. The molecule has 0 aliphatic carbocycles. The van der Waals surface area contributed by atoms with Gasteiger partial charge < -0.3 is 14.6 Å². The van der Waals surface area contributed by atoms with Gasteiger partial charge in [-0.1, -0.05) is 264 Å². The van der Waals surface area contributed by atoms with Crippen LogP contribution in [0, 0.1) is 0 Å². The highest BCUT2D eigenvalue weighted by Crippen LogP contribution is 2.17. The molecule has 0 aromatic rings. The Morgan fingerprint density at radius 1 is 0.345 bits per heavy atom. The summed E-state index contributed by atoms with van der Waals surface area (Å²) in [6.07, 6.45) is 54.8. The van der Waals surface area contributed by atoms with Crippen LogP contribution in [0.2, 0.25) is 0 Å². The van der Waals surface area contributed by atoms with Crippen LogP contribution >= 0.6 is 0 Å². The highest BCUT2D eigenvalue weighted by atomic mass is 16.6. The van der Waals surface area contributed by atoms with Gasteiger partial charge >= 0.3 is 11.9 Å². The van der Waals surface area contributed by atoms with Crippen molar-refractivity contribution in [3.05, 3.63) is 0 Å². The van der Waals surface area contributed by atoms with Crippen LogP contribution in [0.25, 0.3) is 0 Å². The zero-order valence-electron chi connectivity index (χ0n) is 37.5. The number of esters is 2. The van der Waals surface area contributed by atoms with E-state index in [2.05, 4.69) is 13.8 Å². The van der Waals surface area contributed by atoms with Crippen LogP contribution in [0.15, 0.2) is 0 Å². The molecular formula is C50H98O5. The minimum absolute atomic E-state index is 0.0560. The Hall–Kier alpha value is -1.10. The van der Waals surface area contributed by atoms with Gasteiger partial charge in [0.25, 0.3) is 0 Å². The minimum atomic E-state index is -0.763. The van der Waals surface area contributed by atoms with Crippen LogP contribution in [-0.2, 0) is 19.1 Å². The predicted octanol–water partition coefficient (Wildman–Crippen LogP) is 16.2. The quantitative estimate of drug-likeness (QED) is 0.0492. The van der Waals surface area contributed by atoms with E-state index in [4.69, 9.17) is 9.47 Å². The zero-order chi connectivity index (χ0) is 40.0. The smallest absolute Gasteiger partial charge is 0.306 e. The molecule has 55 heavy (non-hydrogen) atoms. The molecule has 0 aliphatic rings. The number of aliphatic hydroxyl groups is 1. The second-order valence-corrected chi connectivity index (χ2v) is 17.3. The maximum absolute atomic E-state index is 12.3. The lowest BCUT2D eigenvalue weighted by Gasteiger charge is -2.15. The van der Waals surface area contributed by atoms with Crippen LogP contribution in [0.4, 0.5) is 0 Å². The Bertz CT molecular complexity index is 754. The van der Waals surface area contributed by atoms with Gasteiger partial charge in [-0.2, -0.15) is 0 Å². The monoisotopic (exact) mass is 779 g/mol. The molecule has 0 saturated carbocycles. The Labute approximate surface area is 344 Å². The maximum Gasteiger partial charge on any atom is 0.306 e. The molecule has 328 valence electrons. The molecule has 0 aromatic carbocycles. The fourth-order valence-corrected chi connectivity index (χ4v) is 7.85. The maximum atomic E-state index is 12.3. The third-order valence-corrected chi connectivity index (χ3v) is 11.7. The molecule has 0 radical (unpaired) electrons. The summed E-state index contributed by atoms with van der Waals surface area (Å²) < 4.78 is 10.7. The van der Waals surface area contributed by atoms with Crippen molar-refractivity contribution in [1.29, 1.82) is 0 Å². The number of unbranched alkanes of at least 4 members (excludes halogenated alkanes) is 39. The number of hydrogen-bond acceptors (Lipinski definition) is 5. The lowest BCUT2D eigenvalue weighted by Crippen LogP contribution is -2.28. The van der Waals surface area contributed by atoms with Crippen LogP contribution in [0.1, 0.15) is 290 Å². The van der Waals surface area contributed by atoms with Crippen molar-refractivity contribution in [2.75, 3.05) is 13.2 Å². The molecule has 0 aliphatic heterocycles. The molecule has 5 heteroatoms. The third kappa shape index (κ3) is 45.5. The first kappa shape index (κ1) is 53.9. The van der Waals surface area contributed by atoms with Gasteiger partial charge in [0.15, 0.2) is 6.10 Å². The van der Waals surface area contributed by atoms with Crippen molar-refractivity contribution in [3.63, 3.8) is 0 Å². The van der Waals surface area contributed by atoms with E-state index < -0.39 is 6.10 Å². The van der Waals surface area contributed by atoms with Gasteiger partial charge in [0.2, 0.25) is 0 Å². The average Bonchev–Trinajstić information content (AvgIpc) is 3.19. The van der Waals surface area contributed by atoms with Crippen LogP contribution in [0.5, 0.6) is 0 Å². The van der Waals surface area contributed by atoms with E-state index in [0.29, 0.717) is 12.8 Å². The summed E-state index contributed by atoms with van der Waals surface area (Å²) in [4.78, 5) is 24.4. The number of rotatable bonds is 47. The standard InChI is InChI=1S/C50H98O5/c1-3-5-7-9-11-13-15-17-19-21-23-25-27-29-31-33-35-37-39-41-43-45-50(53)55-48(46-51)47-54-49(52)44-42-40-38-36-34-32-30-28-26-24-22-20-18-16-14-12-10-8-6-4-2/h48,51H,3-47H2,1-2H3/t48-/m1/s1. The highest BCUT2D eigenvalue weighted by molar-refractivity contribution is 5.70. The molecule has 0 rings (SSSR count). The molecule has 0 spiro atoms. The molecule has 0 bridgehead atoms. The van der Waals surface area contributed by atoms with Gasteiger partial charge in [0.1, 0.15) is 6.61 Å². The Morgan fingerprint density at radius 3 is 0.800 bits per heavy atom. The SMILES string of the molecule is CCCCCCCCCCCCCCCCCCCCCCCC(=O)O[C@H](CO)COC(=O)CCCCCCCCCCCCCCCCCCCCCC. The first-order valence-corrected chi connectivity index (χ1v) is 25.1. The van der Waals surface area contributed by atoms with Crippen molar-refractivity contribution in [2.45, 2.75) is 296 Å². The van der Waals surface area contributed by atoms with Crippen LogP contribution < -0.4 is 0 Å². The number of carbonyl (C=O) groups is 2. The van der Waals surface area contributed by atoms with Crippen molar-refractivity contribution < 1.29 is 24.2 Å². The summed E-state index contributed by atoms with van der Waals surface area (Å²) in [5.74, 6) is -0.566. The molecule has 0 heterocycles. The largest absolute Gasteiger partial charge is 0.462 e. The molecule has 0 amide bonds. The third-order valence-electron chi connectivity index (χ3n) is 11.7. The summed E-state index contributed by atoms with van der Waals surface area (Å²) in [6, 6.07) is 0. The van der Waals surface area contributed by atoms with Crippen molar-refractivity contribution in [3.8, 4) is 0 Å². The second kappa shape index (κ2) is 47.3. The number of ether oxygens (including phenoxy) is 2. The molecule has 0 fully saturated rings. The molecule has 0 unspecified atom stereocenters. The van der Waals surface area contributed by atoms with Crippen molar-refractivity contribution in [1.82, 2.24) is 0 Å². The summed E-state index contributed by atoms with van der Waals surface area (Å²) in [6.45, 7) is 4.20. The Balaban J connectivity index is 3.42. The number of hydrogen-bond donors (Lipinski definition) is 1. The first-order chi connectivity index (χ1) is 27.1. The van der Waals surface area contributed by atoms with E-state index in [9.17, 15) is 14.7 Å². The summed E-state index contributed by atoms with van der Waals surface area (Å²) >= 11 is 0. The topological polar surface area (TPSA) is 72.8 Å². The van der Waals surface area contributed by atoms with E-state index in [-0.39, 0.29) is 25.2 Å². The van der Waals surface area contributed by atoms with Gasteiger partial charge in [-0.05, 0) is 12.8 Å². The predicted molar refractivity (Wildman–Crippen MR) is 238 cm³/mol. The van der Waals surface area contributed by atoms with Crippen LogP contribution in [0.3, 0.4) is 0 Å². The van der Waals surface area contributed by atoms with E-state index in [0.717, 1.165) is 32.1 Å². The van der Waals surface area contributed by atoms with Crippen molar-refractivity contribution >= 4 is 11.9 Å². The molecule has 0 saturated heterocycles. The first-order valence-electron chi connectivity index (χ1n) is 25.1. The highest BCUT2D eigenvalue weighted by Gasteiger charge is 2.16. The number of aliphatic hydroxyl groups excluding tert-OH is 1. The zero-order valence-corrected chi connectivity index (χ0v) is 37.5. The van der Waals surface area contributed by atoms with Gasteiger partial charge in [0.05, 0.1) is 6.61 Å². The van der Waals surface area contributed by atoms with Gasteiger partial charge in [-0.3, -0.25) is 9.59 Å². The van der Waals surface area contributed by atoms with Crippen LogP contribution in [-0.4, -0.2) is 36.4 Å². The van der Waals surface area contributed by atoms with E-state index in [1.54, 1.807) is 0 Å². The fraction of sp³-hybridized carbons (Fsp3) is 0.960. The molecule has 0 aromatic heterocycles. The number of carbonyl (C=O) groups excluding carboxylic acids is 2. The van der Waals surface area contributed by atoms with E-state index in [1.165, 1.54) is 231 Å². The lowest BCUT2D eigenvalue weighted by molar-refractivity contribution is -0.161. The lowest BCUT2D eigenvalue weighted by atomic mass is 10.0. The fourth-order valence-electron chi connectivity index (χ4n) is 7.85. The summed E-state index contributed by atoms with van der Waals surface area (Å²) in [5.41, 5.74) is 0. The Morgan fingerprint density at radius 2 is 0.564 bits per heavy atom. The summed E-state index contributed by atoms with van der Waals surface area (Å²) in [5, 5.41) is 9.62. The normalized spacial score (nSPS) is 12.0. The van der Waals surface area contributed by atoms with Gasteiger partial charge in [-0.25, -0.2) is 0 Å². The van der Waals surface area contributed by atoms with Gasteiger partial charge in [0, 0.05) is 12.8 Å². The molecular weight excluding hydrogens is 681 g/mol. The van der Waals surface area contributed by atoms with E-state index in [1.807, 2.05) is 0 Å².